The van der Waals surface area contributed by atoms with Crippen molar-refractivity contribution in [1.29, 1.82) is 0 Å². The van der Waals surface area contributed by atoms with Crippen molar-refractivity contribution in [3.8, 4) is 0 Å². The van der Waals surface area contributed by atoms with E-state index in [4.69, 9.17) is 0 Å². The molecule has 1 aliphatic rings. The van der Waals surface area contributed by atoms with Crippen molar-refractivity contribution < 1.29 is 5.11 Å². The average Bonchev–Trinajstić information content (AvgIpc) is 2.16. The van der Waals surface area contributed by atoms with Gasteiger partial charge in [-0.05, 0) is 30.6 Å². The first-order chi connectivity index (χ1) is 6.19. The lowest BCUT2D eigenvalue weighted by Gasteiger charge is -2.32. The van der Waals surface area contributed by atoms with Crippen molar-refractivity contribution in [3.05, 3.63) is 24.3 Å². The van der Waals surface area contributed by atoms with Crippen LogP contribution in [0.4, 0.5) is 0 Å². The van der Waals surface area contributed by atoms with E-state index >= 15 is 0 Å². The molecule has 0 saturated heterocycles. The van der Waals surface area contributed by atoms with Gasteiger partial charge in [0.2, 0.25) is 0 Å². The fourth-order valence-corrected chi connectivity index (χ4v) is 2.16. The first-order valence-electron chi connectivity index (χ1n) is 5.11. The molecule has 0 aromatic heterocycles. The van der Waals surface area contributed by atoms with Crippen LogP contribution in [0.5, 0.6) is 0 Å². The normalized spacial score (nSPS) is 28.8. The Hall–Kier alpha value is -0.560. The van der Waals surface area contributed by atoms with Crippen LogP contribution in [-0.4, -0.2) is 11.7 Å². The molecule has 0 spiro atoms. The summed E-state index contributed by atoms with van der Waals surface area (Å²) in [7, 11) is 0. The monoisotopic (exact) mass is 180 g/mol. The molecule has 1 heteroatoms. The summed E-state index contributed by atoms with van der Waals surface area (Å²) in [5.74, 6) is 1.74. The van der Waals surface area contributed by atoms with E-state index in [-0.39, 0.29) is 0 Å². The molecule has 0 aromatic carbocycles. The van der Waals surface area contributed by atoms with Gasteiger partial charge in [0.15, 0.2) is 0 Å². The maximum Gasteiger partial charge on any atom is 0.0465 e. The van der Waals surface area contributed by atoms with Gasteiger partial charge in [-0.15, -0.1) is 0 Å². The summed E-state index contributed by atoms with van der Waals surface area (Å²) in [4.78, 5) is 0. The van der Waals surface area contributed by atoms with E-state index in [0.29, 0.717) is 24.4 Å². The Labute approximate surface area is 81.2 Å². The van der Waals surface area contributed by atoms with Gasteiger partial charge < -0.3 is 5.11 Å². The molecule has 1 aliphatic carbocycles. The smallest absolute Gasteiger partial charge is 0.0465 e. The summed E-state index contributed by atoms with van der Waals surface area (Å²) in [5.41, 5.74) is 1.35. The molecule has 0 amide bonds. The third kappa shape index (κ3) is 2.44. The molecule has 2 atom stereocenters. The maximum absolute atomic E-state index is 9.21. The second-order valence-corrected chi connectivity index (χ2v) is 4.27. The molecule has 13 heavy (non-hydrogen) atoms. The van der Waals surface area contributed by atoms with E-state index in [1.807, 2.05) is 6.08 Å². The average molecular weight is 180 g/mol. The molecule has 1 rings (SSSR count). The van der Waals surface area contributed by atoms with E-state index in [1.165, 1.54) is 5.57 Å². The zero-order chi connectivity index (χ0) is 9.84. The molecule has 0 bridgehead atoms. The van der Waals surface area contributed by atoms with Gasteiger partial charge in [-0.1, -0.05) is 38.2 Å². The van der Waals surface area contributed by atoms with E-state index in [1.54, 1.807) is 0 Å². The van der Waals surface area contributed by atoms with Gasteiger partial charge >= 0.3 is 0 Å². The lowest BCUT2D eigenvalue weighted by Crippen LogP contribution is -2.26. The van der Waals surface area contributed by atoms with Crippen LogP contribution < -0.4 is 0 Å². The van der Waals surface area contributed by atoms with Gasteiger partial charge in [0, 0.05) is 6.61 Å². The second-order valence-electron chi connectivity index (χ2n) is 4.27. The van der Waals surface area contributed by atoms with Gasteiger partial charge in [0.25, 0.3) is 0 Å². The zero-order valence-corrected chi connectivity index (χ0v) is 8.66. The Kier molecular flexibility index (Phi) is 3.73. The standard InChI is InChI=1S/C12H20O/c1-4-10-5-6-11(8-13)12(7-10)9(2)3/h4-5,9,11-13H,1,6-8H2,2-3H3. The molecule has 0 aliphatic heterocycles. The van der Waals surface area contributed by atoms with Crippen molar-refractivity contribution in [1.82, 2.24) is 0 Å². The number of aliphatic hydroxyl groups is 1. The van der Waals surface area contributed by atoms with Gasteiger partial charge in [0.05, 0.1) is 0 Å². The van der Waals surface area contributed by atoms with E-state index < -0.39 is 0 Å². The van der Waals surface area contributed by atoms with Gasteiger partial charge in [-0.25, -0.2) is 0 Å². The van der Waals surface area contributed by atoms with Crippen LogP contribution in [0.3, 0.4) is 0 Å². The zero-order valence-electron chi connectivity index (χ0n) is 8.66. The SMILES string of the molecule is C=CC1=CCC(CO)C(C(C)C)C1. The third-order valence-electron chi connectivity index (χ3n) is 3.11. The molecule has 0 aromatic rings. The van der Waals surface area contributed by atoms with Crippen molar-refractivity contribution in [2.24, 2.45) is 17.8 Å². The van der Waals surface area contributed by atoms with Crippen LogP contribution in [0.15, 0.2) is 24.3 Å². The predicted octanol–water partition coefficient (Wildman–Crippen LogP) is 2.77. The predicted molar refractivity (Wildman–Crippen MR) is 56.4 cm³/mol. The summed E-state index contributed by atoms with van der Waals surface area (Å²) >= 11 is 0. The fraction of sp³-hybridized carbons (Fsp3) is 0.667. The minimum atomic E-state index is 0.323. The number of allylic oxidation sites excluding steroid dienone is 3. The molecule has 0 fully saturated rings. The Morgan fingerprint density at radius 2 is 2.38 bits per heavy atom. The maximum atomic E-state index is 9.21. The minimum absolute atomic E-state index is 0.323. The van der Waals surface area contributed by atoms with Crippen molar-refractivity contribution in [2.45, 2.75) is 26.7 Å². The summed E-state index contributed by atoms with van der Waals surface area (Å²) in [5, 5.41) is 9.21. The molecule has 1 nitrogen and oxygen atoms in total. The highest BCUT2D eigenvalue weighted by Crippen LogP contribution is 2.34. The van der Waals surface area contributed by atoms with E-state index in [2.05, 4.69) is 26.5 Å². The molecule has 0 radical (unpaired) electrons. The van der Waals surface area contributed by atoms with E-state index in [9.17, 15) is 5.11 Å². The summed E-state index contributed by atoms with van der Waals surface area (Å²) < 4.78 is 0. The van der Waals surface area contributed by atoms with E-state index in [0.717, 1.165) is 12.8 Å². The molecule has 2 unspecified atom stereocenters. The molecule has 0 heterocycles. The largest absolute Gasteiger partial charge is 0.396 e. The van der Waals surface area contributed by atoms with Gasteiger partial charge in [-0.2, -0.15) is 0 Å². The molecule has 1 N–H and O–H groups in total. The van der Waals surface area contributed by atoms with Crippen molar-refractivity contribution in [3.63, 3.8) is 0 Å². The summed E-state index contributed by atoms with van der Waals surface area (Å²) in [6.45, 7) is 8.59. The van der Waals surface area contributed by atoms with Crippen LogP contribution in [-0.2, 0) is 0 Å². The number of hydrogen-bond donors (Lipinski definition) is 1. The Morgan fingerprint density at radius 1 is 1.69 bits per heavy atom. The highest BCUT2D eigenvalue weighted by atomic mass is 16.3. The third-order valence-corrected chi connectivity index (χ3v) is 3.11. The Morgan fingerprint density at radius 3 is 2.85 bits per heavy atom. The second kappa shape index (κ2) is 4.61. The first-order valence-corrected chi connectivity index (χ1v) is 5.11. The first kappa shape index (κ1) is 10.5. The molecule has 74 valence electrons. The van der Waals surface area contributed by atoms with Crippen LogP contribution in [0, 0.1) is 17.8 Å². The van der Waals surface area contributed by atoms with Gasteiger partial charge in [-0.3, -0.25) is 0 Å². The summed E-state index contributed by atoms with van der Waals surface area (Å²) in [6.07, 6.45) is 6.27. The van der Waals surface area contributed by atoms with Gasteiger partial charge in [0.1, 0.15) is 0 Å². The van der Waals surface area contributed by atoms with Crippen LogP contribution in [0.1, 0.15) is 26.7 Å². The Bertz CT molecular complexity index is 203. The topological polar surface area (TPSA) is 20.2 Å². The number of aliphatic hydroxyl groups excluding tert-OH is 1. The molecular weight excluding hydrogens is 160 g/mol. The Balaban J connectivity index is 2.70. The minimum Gasteiger partial charge on any atom is -0.396 e. The lowest BCUT2D eigenvalue weighted by atomic mass is 9.74. The van der Waals surface area contributed by atoms with Crippen LogP contribution in [0.2, 0.25) is 0 Å². The molecule has 0 saturated carbocycles. The van der Waals surface area contributed by atoms with Crippen molar-refractivity contribution in [2.75, 3.05) is 6.61 Å². The number of hydrogen-bond acceptors (Lipinski definition) is 1. The number of rotatable bonds is 3. The quantitative estimate of drug-likeness (QED) is 0.708. The van der Waals surface area contributed by atoms with Crippen LogP contribution in [0.25, 0.3) is 0 Å². The summed E-state index contributed by atoms with van der Waals surface area (Å²) in [6, 6.07) is 0. The molecular formula is C12H20O. The van der Waals surface area contributed by atoms with Crippen molar-refractivity contribution >= 4 is 0 Å². The van der Waals surface area contributed by atoms with Crippen LogP contribution >= 0.6 is 0 Å². The highest BCUT2D eigenvalue weighted by Gasteiger charge is 2.26. The highest BCUT2D eigenvalue weighted by molar-refractivity contribution is 5.19. The lowest BCUT2D eigenvalue weighted by molar-refractivity contribution is 0.141. The fourth-order valence-electron chi connectivity index (χ4n) is 2.16.